The monoisotopic (exact) mass is 732 g/mol. The molecule has 21 nitrogen and oxygen atoms in total. The number of nitrogen functional groups attached to an aromatic ring is 4. The van der Waals surface area contributed by atoms with Crippen LogP contribution in [0.5, 0.6) is 34.5 Å². The van der Waals surface area contributed by atoms with Crippen LogP contribution >= 0.6 is 0 Å². The molecule has 0 fully saturated rings. The van der Waals surface area contributed by atoms with E-state index in [0.29, 0.717) is 59.0 Å². The first-order valence-corrected chi connectivity index (χ1v) is 14.6. The zero-order chi connectivity index (χ0) is 35.3. The average molecular weight is 733 g/mol. The Bertz CT molecular complexity index is 1590. The standard InChI is InChI=1S/2C14H18N4O3.H2O4S.3H2O/c2*1-19-10-5-8(6-11(20-2)12(10)21-3)4-9-7-17-14(16)18-13(9)15;1-5(2,3)4;;;/h2*5-7H,4H2,1-3H3,(H4,15,16,17,18);(H2,1,2,3,4);3*1H2. The normalized spacial score (nSPS) is 9.76. The van der Waals surface area contributed by atoms with Crippen LogP contribution < -0.4 is 51.4 Å². The fourth-order valence-electron chi connectivity index (χ4n) is 4.06. The first-order valence-electron chi connectivity index (χ1n) is 13.2. The molecule has 0 aliphatic heterocycles. The average Bonchev–Trinajstić information content (AvgIpc) is 3.02. The summed E-state index contributed by atoms with van der Waals surface area (Å²) in [5.41, 5.74) is 26.1. The first kappa shape index (κ1) is 46.5. The van der Waals surface area contributed by atoms with Crippen LogP contribution in [0, 0.1) is 0 Å². The highest BCUT2D eigenvalue weighted by Gasteiger charge is 2.16. The van der Waals surface area contributed by atoms with E-state index in [9.17, 15) is 0 Å². The summed E-state index contributed by atoms with van der Waals surface area (Å²) in [5.74, 6) is 4.46. The van der Waals surface area contributed by atoms with Crippen molar-refractivity contribution in [1.82, 2.24) is 19.9 Å². The molecule has 50 heavy (non-hydrogen) atoms. The van der Waals surface area contributed by atoms with Gasteiger partial charge in [0, 0.05) is 36.4 Å². The van der Waals surface area contributed by atoms with Gasteiger partial charge in [0.1, 0.15) is 11.6 Å². The molecule has 2 aromatic carbocycles. The van der Waals surface area contributed by atoms with Crippen molar-refractivity contribution < 1.29 is 62.4 Å². The SMILES string of the molecule is COc1cc(Cc2cnc(N)nc2N)cc(OC)c1OC.COc1cc(Cc2cnc(N)nc2N)cc(OC)c1OC.O.O.O.O=S(=O)(O)O. The molecular weight excluding hydrogens is 688 g/mol. The maximum Gasteiger partial charge on any atom is 0.394 e. The summed E-state index contributed by atoms with van der Waals surface area (Å²) in [4.78, 5) is 15.8. The molecule has 2 aromatic heterocycles. The molecule has 0 bridgehead atoms. The summed E-state index contributed by atoms with van der Waals surface area (Å²) >= 11 is 0. The third kappa shape index (κ3) is 13.8. The summed E-state index contributed by atoms with van der Waals surface area (Å²) < 4.78 is 63.4. The van der Waals surface area contributed by atoms with Gasteiger partial charge in [-0.2, -0.15) is 18.4 Å². The largest absolute Gasteiger partial charge is 0.493 e. The predicted octanol–water partition coefficient (Wildman–Crippen LogP) is -0.612. The number of hydrogen-bond donors (Lipinski definition) is 6. The van der Waals surface area contributed by atoms with Crippen LogP contribution in [0.3, 0.4) is 0 Å². The van der Waals surface area contributed by atoms with Crippen molar-refractivity contribution in [3.05, 3.63) is 58.9 Å². The van der Waals surface area contributed by atoms with Crippen LogP contribution in [0.4, 0.5) is 23.5 Å². The summed E-state index contributed by atoms with van der Waals surface area (Å²) in [6, 6.07) is 7.43. The van der Waals surface area contributed by atoms with E-state index in [-0.39, 0.29) is 28.3 Å². The van der Waals surface area contributed by atoms with Gasteiger partial charge in [0.05, 0.1) is 42.7 Å². The smallest absolute Gasteiger partial charge is 0.394 e. The van der Waals surface area contributed by atoms with E-state index in [4.69, 9.17) is 68.9 Å². The molecule has 0 spiro atoms. The fourth-order valence-corrected chi connectivity index (χ4v) is 4.06. The zero-order valence-electron chi connectivity index (χ0n) is 28.0. The lowest BCUT2D eigenvalue weighted by Crippen LogP contribution is -2.04. The molecule has 0 amide bonds. The van der Waals surface area contributed by atoms with E-state index in [1.54, 1.807) is 55.1 Å². The summed E-state index contributed by atoms with van der Waals surface area (Å²) in [5, 5.41) is 0. The highest BCUT2D eigenvalue weighted by Crippen LogP contribution is 2.40. The van der Waals surface area contributed by atoms with Crippen LogP contribution in [-0.4, -0.2) is 96.5 Å². The Labute approximate surface area is 288 Å². The molecule has 0 aliphatic carbocycles. The molecule has 0 atom stereocenters. The number of rotatable bonds is 10. The Morgan fingerprint density at radius 2 is 0.820 bits per heavy atom. The number of nitrogens with two attached hydrogens (primary N) is 4. The predicted molar refractivity (Wildman–Crippen MR) is 185 cm³/mol. The number of anilines is 4. The van der Waals surface area contributed by atoms with Gasteiger partial charge in [-0.15, -0.1) is 0 Å². The van der Waals surface area contributed by atoms with E-state index in [0.717, 1.165) is 22.3 Å². The molecule has 4 aromatic rings. The van der Waals surface area contributed by atoms with Gasteiger partial charge in [0.25, 0.3) is 0 Å². The first-order chi connectivity index (χ1) is 22.2. The molecule has 4 rings (SSSR count). The van der Waals surface area contributed by atoms with Gasteiger partial charge in [-0.3, -0.25) is 9.11 Å². The minimum absolute atomic E-state index is 0. The highest BCUT2D eigenvalue weighted by molar-refractivity contribution is 7.79. The van der Waals surface area contributed by atoms with Gasteiger partial charge in [-0.05, 0) is 35.4 Å². The van der Waals surface area contributed by atoms with Crippen molar-refractivity contribution in [3.63, 3.8) is 0 Å². The van der Waals surface area contributed by atoms with Crippen LogP contribution in [0.1, 0.15) is 22.3 Å². The number of methoxy groups -OCH3 is 6. The maximum atomic E-state index is 8.74. The molecule has 22 heteroatoms. The minimum atomic E-state index is -4.67. The van der Waals surface area contributed by atoms with Crippen LogP contribution in [0.25, 0.3) is 0 Å². The van der Waals surface area contributed by atoms with Crippen molar-refractivity contribution in [2.45, 2.75) is 12.8 Å². The Kier molecular flexibility index (Phi) is 19.8. The molecule has 0 unspecified atom stereocenters. The zero-order valence-corrected chi connectivity index (χ0v) is 28.9. The van der Waals surface area contributed by atoms with Gasteiger partial charge >= 0.3 is 10.4 Å². The van der Waals surface area contributed by atoms with Crippen molar-refractivity contribution in [2.24, 2.45) is 0 Å². The summed E-state index contributed by atoms with van der Waals surface area (Å²) in [6.07, 6.45) is 4.29. The third-order valence-electron chi connectivity index (χ3n) is 6.07. The Morgan fingerprint density at radius 3 is 1.02 bits per heavy atom. The summed E-state index contributed by atoms with van der Waals surface area (Å²) in [7, 11) is 4.74. The third-order valence-corrected chi connectivity index (χ3v) is 6.07. The van der Waals surface area contributed by atoms with E-state index >= 15 is 0 Å². The second-order valence-corrected chi connectivity index (χ2v) is 10.0. The molecular formula is C28H44N8O13S. The van der Waals surface area contributed by atoms with Gasteiger partial charge in [-0.1, -0.05) is 0 Å². The van der Waals surface area contributed by atoms with Gasteiger partial charge in [0.15, 0.2) is 23.0 Å². The van der Waals surface area contributed by atoms with Crippen molar-refractivity contribution in [3.8, 4) is 34.5 Å². The number of benzene rings is 2. The molecule has 280 valence electrons. The van der Waals surface area contributed by atoms with Gasteiger partial charge < -0.3 is 67.8 Å². The lowest BCUT2D eigenvalue weighted by molar-refractivity contribution is 0.324. The molecule has 0 aliphatic rings. The van der Waals surface area contributed by atoms with Crippen LogP contribution in [0.2, 0.25) is 0 Å². The number of ether oxygens (including phenoxy) is 6. The Balaban J connectivity index is 0. The van der Waals surface area contributed by atoms with Crippen molar-refractivity contribution in [2.75, 3.05) is 65.6 Å². The van der Waals surface area contributed by atoms with E-state index in [2.05, 4.69) is 19.9 Å². The Morgan fingerprint density at radius 1 is 0.560 bits per heavy atom. The van der Waals surface area contributed by atoms with E-state index in [1.165, 1.54) is 0 Å². The van der Waals surface area contributed by atoms with E-state index < -0.39 is 10.4 Å². The van der Waals surface area contributed by atoms with Crippen molar-refractivity contribution in [1.29, 1.82) is 0 Å². The van der Waals surface area contributed by atoms with Crippen molar-refractivity contribution >= 4 is 33.9 Å². The maximum absolute atomic E-state index is 8.74. The number of aromatic nitrogens is 4. The van der Waals surface area contributed by atoms with Gasteiger partial charge in [-0.25, -0.2) is 9.97 Å². The molecule has 0 radical (unpaired) electrons. The topological polar surface area (TPSA) is 380 Å². The second-order valence-electron chi connectivity index (χ2n) is 9.15. The molecule has 2 heterocycles. The second kappa shape index (κ2) is 21.3. The summed E-state index contributed by atoms with van der Waals surface area (Å²) in [6.45, 7) is 0. The lowest BCUT2D eigenvalue weighted by atomic mass is 10.1. The molecule has 16 N–H and O–H groups in total. The Hall–Kier alpha value is -5.65. The fraction of sp³-hybridized carbons (Fsp3) is 0.286. The minimum Gasteiger partial charge on any atom is -0.493 e. The molecule has 0 saturated carbocycles. The van der Waals surface area contributed by atoms with Crippen LogP contribution in [0.15, 0.2) is 36.7 Å². The lowest BCUT2D eigenvalue weighted by Gasteiger charge is -2.14. The van der Waals surface area contributed by atoms with Gasteiger partial charge in [0.2, 0.25) is 23.4 Å². The number of hydrogen-bond acceptors (Lipinski definition) is 16. The van der Waals surface area contributed by atoms with E-state index in [1.807, 2.05) is 24.3 Å². The highest BCUT2D eigenvalue weighted by atomic mass is 32.3. The molecule has 0 saturated heterocycles. The number of nitrogens with zero attached hydrogens (tertiary/aromatic N) is 4. The quantitative estimate of drug-likeness (QED) is 0.111. The van der Waals surface area contributed by atoms with Crippen LogP contribution in [-0.2, 0) is 23.2 Å².